The van der Waals surface area contributed by atoms with E-state index in [0.29, 0.717) is 34.3 Å². The normalized spacial score (nSPS) is 23.1. The molecular weight excluding hydrogens is 539 g/mol. The van der Waals surface area contributed by atoms with Crippen molar-refractivity contribution in [1.82, 2.24) is 20.0 Å². The number of alkyl halides is 3. The van der Waals surface area contributed by atoms with Crippen molar-refractivity contribution in [2.45, 2.75) is 31.1 Å². The van der Waals surface area contributed by atoms with Crippen LogP contribution in [0.5, 0.6) is 0 Å². The van der Waals surface area contributed by atoms with E-state index in [1.807, 2.05) is 6.07 Å². The lowest BCUT2D eigenvalue weighted by molar-refractivity contribution is -0.138. The van der Waals surface area contributed by atoms with Gasteiger partial charge in [0.1, 0.15) is 0 Å². The van der Waals surface area contributed by atoms with Crippen LogP contribution >= 0.6 is 23.4 Å². The minimum Gasteiger partial charge on any atom is -0.395 e. The maximum absolute atomic E-state index is 13.9. The molecule has 2 fully saturated rings. The molecule has 3 aliphatic heterocycles. The monoisotopic (exact) mass is 561 g/mol. The van der Waals surface area contributed by atoms with E-state index in [1.54, 1.807) is 18.3 Å². The molecule has 38 heavy (non-hydrogen) atoms. The number of nitrogens with zero attached hydrogens (tertiary/aromatic N) is 4. The largest absolute Gasteiger partial charge is 0.416 e. The van der Waals surface area contributed by atoms with Crippen LogP contribution in [0, 0.1) is 0 Å². The predicted molar refractivity (Wildman–Crippen MR) is 141 cm³/mol. The summed E-state index contributed by atoms with van der Waals surface area (Å²) in [7, 11) is 0. The van der Waals surface area contributed by atoms with E-state index in [-0.39, 0.29) is 35.7 Å². The average Bonchev–Trinajstić information content (AvgIpc) is 3.66. The van der Waals surface area contributed by atoms with Crippen molar-refractivity contribution in [1.29, 1.82) is 0 Å². The molecule has 0 aliphatic carbocycles. The van der Waals surface area contributed by atoms with Gasteiger partial charge in [0.2, 0.25) is 0 Å². The minimum absolute atomic E-state index is 0.00800. The van der Waals surface area contributed by atoms with E-state index >= 15 is 0 Å². The topological polar surface area (TPSA) is 84.8 Å². The summed E-state index contributed by atoms with van der Waals surface area (Å²) in [5.41, 5.74) is 1.08. The molecule has 0 saturated carbocycles. The molecule has 0 radical (unpaired) electrons. The van der Waals surface area contributed by atoms with Gasteiger partial charge in [0, 0.05) is 42.1 Å². The van der Waals surface area contributed by atoms with Crippen molar-refractivity contribution in [3.05, 3.63) is 69.2 Å². The fraction of sp³-hybridized carbons (Fsp3) is 0.346. The molecule has 3 aliphatic rings. The Labute approximate surface area is 225 Å². The number of aliphatic hydroxyl groups excluding tert-OH is 1. The van der Waals surface area contributed by atoms with Crippen LogP contribution in [0.2, 0.25) is 5.02 Å². The van der Waals surface area contributed by atoms with Gasteiger partial charge in [0.15, 0.2) is 5.17 Å². The Morgan fingerprint density at radius 1 is 1.18 bits per heavy atom. The number of H-pyrrole nitrogens is 1. The van der Waals surface area contributed by atoms with Crippen molar-refractivity contribution in [3.63, 3.8) is 0 Å². The maximum Gasteiger partial charge on any atom is 0.416 e. The molecule has 3 aromatic rings. The number of piperazine rings is 1. The van der Waals surface area contributed by atoms with E-state index in [2.05, 4.69) is 25.0 Å². The first kappa shape index (κ1) is 25.4. The van der Waals surface area contributed by atoms with Gasteiger partial charge < -0.3 is 10.0 Å². The van der Waals surface area contributed by atoms with Gasteiger partial charge in [-0.05, 0) is 65.6 Å². The van der Waals surface area contributed by atoms with Crippen molar-refractivity contribution in [3.8, 4) is 0 Å². The second-order valence-corrected chi connectivity index (χ2v) is 11.1. The highest BCUT2D eigenvalue weighted by Gasteiger charge is 2.46. The number of hydrogen-bond acceptors (Lipinski definition) is 6. The number of aromatic nitrogens is 2. The zero-order chi connectivity index (χ0) is 26.6. The molecule has 12 heteroatoms. The first-order chi connectivity index (χ1) is 18.2. The number of likely N-dealkylation sites (tertiary alicyclic amines) is 2. The van der Waals surface area contributed by atoms with E-state index in [9.17, 15) is 23.1 Å². The van der Waals surface area contributed by atoms with Gasteiger partial charge >= 0.3 is 6.18 Å². The molecule has 2 saturated heterocycles. The highest BCUT2D eigenvalue weighted by molar-refractivity contribution is 8.18. The zero-order valence-electron chi connectivity index (χ0n) is 20.0. The fourth-order valence-electron chi connectivity index (χ4n) is 5.60. The fourth-order valence-corrected chi connectivity index (χ4v) is 6.87. The smallest absolute Gasteiger partial charge is 0.395 e. The minimum atomic E-state index is -4.60. The second kappa shape index (κ2) is 9.71. The highest BCUT2D eigenvalue weighted by atomic mass is 35.5. The predicted octanol–water partition coefficient (Wildman–Crippen LogP) is 4.57. The number of allylic oxidation sites excluding steroid dienone is 1. The first-order valence-electron chi connectivity index (χ1n) is 12.2. The number of halogens is 4. The maximum atomic E-state index is 13.9. The van der Waals surface area contributed by atoms with Gasteiger partial charge in [0.25, 0.3) is 5.91 Å². The van der Waals surface area contributed by atoms with E-state index in [4.69, 9.17) is 11.6 Å². The number of carbonyl (C=O) groups is 1. The van der Waals surface area contributed by atoms with Crippen LogP contribution in [-0.4, -0.2) is 74.5 Å². The molecular formula is C26H23ClF3N5O2S. The van der Waals surface area contributed by atoms with Gasteiger partial charge in [-0.25, -0.2) is 0 Å². The third-order valence-corrected chi connectivity index (χ3v) is 8.75. The van der Waals surface area contributed by atoms with Crippen molar-refractivity contribution in [2.75, 3.05) is 26.2 Å². The molecule has 7 nitrogen and oxygen atoms in total. The molecule has 2 N–H and O–H groups in total. The molecule has 0 spiro atoms. The molecule has 2 bridgehead atoms. The van der Waals surface area contributed by atoms with Crippen LogP contribution in [0.3, 0.4) is 0 Å². The van der Waals surface area contributed by atoms with E-state index < -0.39 is 17.6 Å². The molecule has 198 valence electrons. The van der Waals surface area contributed by atoms with Gasteiger partial charge in [-0.2, -0.15) is 23.3 Å². The molecule has 4 heterocycles. The number of amidine groups is 1. The summed E-state index contributed by atoms with van der Waals surface area (Å²) in [4.78, 5) is 22.3. The number of amides is 1. The Morgan fingerprint density at radius 2 is 2.03 bits per heavy atom. The Morgan fingerprint density at radius 3 is 2.76 bits per heavy atom. The number of thioether (sulfide) groups is 1. The van der Waals surface area contributed by atoms with Gasteiger partial charge in [-0.1, -0.05) is 23.7 Å². The molecule has 1 amide bonds. The SMILES string of the molecule is O=C1N=C(N2CC3CC2CN3CCO)SC1=C(Cc1ccc(Cl)cc1C(F)(F)F)c1ccc2[nH]ncc2c1. The quantitative estimate of drug-likeness (QED) is 0.444. The number of nitrogens with one attached hydrogen (secondary N) is 1. The summed E-state index contributed by atoms with van der Waals surface area (Å²) in [6.45, 7) is 2.19. The number of β-amino-alcohol motifs (C(OH)–C–C–N with tert-alkyl or cyclic N) is 1. The molecule has 1 aromatic heterocycles. The summed E-state index contributed by atoms with van der Waals surface area (Å²) in [5.74, 6) is -0.454. The number of rotatable bonds is 5. The Kier molecular flexibility index (Phi) is 6.50. The van der Waals surface area contributed by atoms with Gasteiger partial charge in [-0.3, -0.25) is 14.8 Å². The lowest BCUT2D eigenvalue weighted by atomic mass is 9.93. The summed E-state index contributed by atoms with van der Waals surface area (Å²) in [5, 5.41) is 17.6. The number of aromatic amines is 1. The molecule has 6 rings (SSSR count). The van der Waals surface area contributed by atoms with Crippen LogP contribution in [0.4, 0.5) is 13.2 Å². The summed E-state index contributed by atoms with van der Waals surface area (Å²) < 4.78 is 41.8. The molecule has 2 atom stereocenters. The van der Waals surface area contributed by atoms with Crippen LogP contribution in [0.15, 0.2) is 52.5 Å². The second-order valence-electron chi connectivity index (χ2n) is 9.67. The Bertz CT molecular complexity index is 1490. The average molecular weight is 562 g/mol. The standard InChI is InChI=1S/C26H23ClF3N5O2S/c27-17-3-1-15(21(9-17)26(28,29)30)8-20(14-2-4-22-16(7-14)11-31-33-22)23-24(37)32-25(38-23)35-13-18-10-19(35)12-34(18)5-6-36/h1-4,7,9,11,18-19,36H,5-6,8,10,12-13H2,(H,31,33). The van der Waals surface area contributed by atoms with Crippen LogP contribution in [-0.2, 0) is 17.4 Å². The first-order valence-corrected chi connectivity index (χ1v) is 13.4. The Hall–Kier alpha value is -2.86. The van der Waals surface area contributed by atoms with Crippen molar-refractivity contribution in [2.24, 2.45) is 4.99 Å². The number of carbonyl (C=O) groups excluding carboxylic acids is 1. The molecule has 2 aromatic carbocycles. The highest BCUT2D eigenvalue weighted by Crippen LogP contribution is 2.42. The third kappa shape index (κ3) is 4.61. The van der Waals surface area contributed by atoms with Crippen LogP contribution < -0.4 is 0 Å². The molecule has 2 unspecified atom stereocenters. The lowest BCUT2D eigenvalue weighted by Gasteiger charge is -2.34. The number of aliphatic hydroxyl groups is 1. The van der Waals surface area contributed by atoms with Gasteiger partial charge in [-0.15, -0.1) is 0 Å². The van der Waals surface area contributed by atoms with Crippen molar-refractivity contribution >= 4 is 50.9 Å². The van der Waals surface area contributed by atoms with E-state index in [1.165, 1.54) is 23.9 Å². The van der Waals surface area contributed by atoms with Crippen LogP contribution in [0.25, 0.3) is 16.5 Å². The van der Waals surface area contributed by atoms with Gasteiger partial charge in [0.05, 0.1) is 28.8 Å². The number of hydrogen-bond donors (Lipinski definition) is 2. The van der Waals surface area contributed by atoms with Crippen molar-refractivity contribution < 1.29 is 23.1 Å². The summed E-state index contributed by atoms with van der Waals surface area (Å²) in [6.07, 6.45) is -2.16. The summed E-state index contributed by atoms with van der Waals surface area (Å²) in [6, 6.07) is 9.58. The third-order valence-electron chi connectivity index (χ3n) is 7.38. The number of fused-ring (bicyclic) bond motifs is 3. The lowest BCUT2D eigenvalue weighted by Crippen LogP contribution is -2.48. The summed E-state index contributed by atoms with van der Waals surface area (Å²) >= 11 is 7.13. The number of benzene rings is 2. The number of aliphatic imine (C=N–C) groups is 1. The van der Waals surface area contributed by atoms with E-state index in [0.717, 1.165) is 29.9 Å². The zero-order valence-corrected chi connectivity index (χ0v) is 21.6. The Balaban J connectivity index is 1.38. The van der Waals surface area contributed by atoms with Crippen LogP contribution in [0.1, 0.15) is 23.1 Å².